The van der Waals surface area contributed by atoms with E-state index in [2.05, 4.69) is 31.2 Å². The van der Waals surface area contributed by atoms with Gasteiger partial charge in [0.15, 0.2) is 0 Å². The summed E-state index contributed by atoms with van der Waals surface area (Å²) in [7, 11) is 0. The van der Waals surface area contributed by atoms with Gasteiger partial charge in [-0.2, -0.15) is 0 Å². The lowest BCUT2D eigenvalue weighted by Crippen LogP contribution is -2.09. The zero-order chi connectivity index (χ0) is 13.8. The monoisotopic (exact) mass is 311 g/mol. The third-order valence-corrected chi connectivity index (χ3v) is 4.81. The fourth-order valence-corrected chi connectivity index (χ4v) is 3.24. The highest BCUT2D eigenvalue weighted by Crippen LogP contribution is 2.37. The molecule has 0 aliphatic rings. The first-order valence-corrected chi connectivity index (χ1v) is 7.62. The van der Waals surface area contributed by atoms with Crippen molar-refractivity contribution in [2.45, 2.75) is 17.1 Å². The standard InChI is InChI=1S/C15H15Cl2NS/c1-10-3-2-4-11(7-10)15(9-18)19-12-5-6-13(16)14(17)8-12/h2-8,15H,9,18H2,1H3. The number of thioether (sulfide) groups is 1. The number of rotatable bonds is 4. The van der Waals surface area contributed by atoms with Crippen molar-refractivity contribution in [3.63, 3.8) is 0 Å². The highest BCUT2D eigenvalue weighted by molar-refractivity contribution is 7.99. The maximum absolute atomic E-state index is 6.04. The van der Waals surface area contributed by atoms with Crippen molar-refractivity contribution >= 4 is 35.0 Å². The molecule has 0 aromatic heterocycles. The van der Waals surface area contributed by atoms with Gasteiger partial charge in [-0.1, -0.05) is 53.0 Å². The second-order valence-electron chi connectivity index (χ2n) is 4.33. The summed E-state index contributed by atoms with van der Waals surface area (Å²) in [4.78, 5) is 1.08. The van der Waals surface area contributed by atoms with Crippen molar-refractivity contribution in [2.24, 2.45) is 5.73 Å². The fourth-order valence-electron chi connectivity index (χ4n) is 1.84. The molecular weight excluding hydrogens is 297 g/mol. The van der Waals surface area contributed by atoms with E-state index in [1.165, 1.54) is 11.1 Å². The van der Waals surface area contributed by atoms with Gasteiger partial charge in [0, 0.05) is 16.7 Å². The molecule has 1 unspecified atom stereocenters. The van der Waals surface area contributed by atoms with Gasteiger partial charge >= 0.3 is 0 Å². The number of hydrogen-bond acceptors (Lipinski definition) is 2. The SMILES string of the molecule is Cc1cccc(C(CN)Sc2ccc(Cl)c(Cl)c2)c1. The number of benzene rings is 2. The van der Waals surface area contributed by atoms with Crippen LogP contribution in [0.15, 0.2) is 47.4 Å². The number of halogens is 2. The molecule has 0 aliphatic heterocycles. The van der Waals surface area contributed by atoms with E-state index in [9.17, 15) is 0 Å². The Morgan fingerprint density at radius 1 is 1.11 bits per heavy atom. The molecule has 0 fully saturated rings. The van der Waals surface area contributed by atoms with Crippen LogP contribution in [0.2, 0.25) is 10.0 Å². The molecule has 100 valence electrons. The predicted octanol–water partition coefficient (Wildman–Crippen LogP) is 5.09. The Balaban J connectivity index is 2.21. The van der Waals surface area contributed by atoms with Crippen molar-refractivity contribution in [1.82, 2.24) is 0 Å². The van der Waals surface area contributed by atoms with Gasteiger partial charge in [-0.25, -0.2) is 0 Å². The quantitative estimate of drug-likeness (QED) is 0.795. The summed E-state index contributed by atoms with van der Waals surface area (Å²) in [5.41, 5.74) is 8.37. The van der Waals surface area contributed by atoms with Crippen LogP contribution >= 0.6 is 35.0 Å². The summed E-state index contributed by atoms with van der Waals surface area (Å²) < 4.78 is 0. The first-order valence-electron chi connectivity index (χ1n) is 5.98. The molecule has 0 amide bonds. The van der Waals surface area contributed by atoms with Gasteiger partial charge in [-0.05, 0) is 30.7 Å². The van der Waals surface area contributed by atoms with Crippen LogP contribution in [0, 0.1) is 6.92 Å². The van der Waals surface area contributed by atoms with E-state index in [-0.39, 0.29) is 5.25 Å². The highest BCUT2D eigenvalue weighted by atomic mass is 35.5. The minimum absolute atomic E-state index is 0.220. The Kier molecular flexibility index (Phi) is 5.17. The smallest absolute Gasteiger partial charge is 0.0603 e. The molecule has 0 aliphatic carbocycles. The topological polar surface area (TPSA) is 26.0 Å². The summed E-state index contributed by atoms with van der Waals surface area (Å²) >= 11 is 13.7. The van der Waals surface area contributed by atoms with E-state index in [0.717, 1.165) is 4.90 Å². The maximum Gasteiger partial charge on any atom is 0.0603 e. The number of aryl methyl sites for hydroxylation is 1. The lowest BCUT2D eigenvalue weighted by molar-refractivity contribution is 0.939. The van der Waals surface area contributed by atoms with Gasteiger partial charge in [0.05, 0.1) is 10.0 Å². The molecule has 2 N–H and O–H groups in total. The number of nitrogens with two attached hydrogens (primary N) is 1. The van der Waals surface area contributed by atoms with E-state index in [4.69, 9.17) is 28.9 Å². The van der Waals surface area contributed by atoms with Gasteiger partial charge in [0.2, 0.25) is 0 Å². The Morgan fingerprint density at radius 2 is 1.89 bits per heavy atom. The van der Waals surface area contributed by atoms with Crippen molar-refractivity contribution < 1.29 is 0 Å². The summed E-state index contributed by atoms with van der Waals surface area (Å²) in [6, 6.07) is 14.1. The largest absolute Gasteiger partial charge is 0.329 e. The molecule has 2 aromatic carbocycles. The Morgan fingerprint density at radius 3 is 2.53 bits per heavy atom. The second kappa shape index (κ2) is 6.67. The minimum atomic E-state index is 0.220. The molecule has 0 saturated carbocycles. The van der Waals surface area contributed by atoms with Crippen LogP contribution in [-0.4, -0.2) is 6.54 Å². The molecule has 0 spiro atoms. The Labute approximate surface area is 128 Å². The van der Waals surface area contributed by atoms with Crippen LogP contribution in [0.3, 0.4) is 0 Å². The van der Waals surface area contributed by atoms with E-state index >= 15 is 0 Å². The van der Waals surface area contributed by atoms with E-state index in [1.54, 1.807) is 11.8 Å². The molecule has 1 atom stereocenters. The lowest BCUT2D eigenvalue weighted by Gasteiger charge is -2.15. The summed E-state index contributed by atoms with van der Waals surface area (Å²) in [5, 5.41) is 1.37. The molecule has 2 aromatic rings. The van der Waals surface area contributed by atoms with Crippen LogP contribution in [0.4, 0.5) is 0 Å². The van der Waals surface area contributed by atoms with Crippen molar-refractivity contribution in [1.29, 1.82) is 0 Å². The molecule has 0 bridgehead atoms. The minimum Gasteiger partial charge on any atom is -0.329 e. The van der Waals surface area contributed by atoms with Crippen molar-refractivity contribution in [3.05, 3.63) is 63.6 Å². The molecule has 0 radical (unpaired) electrons. The van der Waals surface area contributed by atoms with Crippen LogP contribution < -0.4 is 5.73 Å². The molecule has 0 saturated heterocycles. The molecule has 0 heterocycles. The van der Waals surface area contributed by atoms with Crippen LogP contribution in [0.1, 0.15) is 16.4 Å². The number of hydrogen-bond donors (Lipinski definition) is 1. The predicted molar refractivity (Wildman–Crippen MR) is 85.3 cm³/mol. The molecule has 1 nitrogen and oxygen atoms in total. The summed E-state index contributed by atoms with van der Waals surface area (Å²) in [6.07, 6.45) is 0. The first kappa shape index (κ1) is 14.7. The van der Waals surface area contributed by atoms with Crippen LogP contribution in [0.5, 0.6) is 0 Å². The summed E-state index contributed by atoms with van der Waals surface area (Å²) in [6.45, 7) is 2.66. The van der Waals surface area contributed by atoms with Gasteiger partial charge in [-0.15, -0.1) is 11.8 Å². The maximum atomic E-state index is 6.04. The molecule has 4 heteroatoms. The van der Waals surface area contributed by atoms with Crippen LogP contribution in [0.25, 0.3) is 0 Å². The van der Waals surface area contributed by atoms with Crippen molar-refractivity contribution in [2.75, 3.05) is 6.54 Å². The fraction of sp³-hybridized carbons (Fsp3) is 0.200. The third kappa shape index (κ3) is 3.90. The van der Waals surface area contributed by atoms with Gasteiger partial charge < -0.3 is 5.73 Å². The van der Waals surface area contributed by atoms with Gasteiger partial charge in [0.25, 0.3) is 0 Å². The lowest BCUT2D eigenvalue weighted by atomic mass is 10.1. The van der Waals surface area contributed by atoms with Crippen molar-refractivity contribution in [3.8, 4) is 0 Å². The second-order valence-corrected chi connectivity index (χ2v) is 6.42. The molecular formula is C15H15Cl2NS. The van der Waals surface area contributed by atoms with E-state index < -0.39 is 0 Å². The summed E-state index contributed by atoms with van der Waals surface area (Å²) in [5.74, 6) is 0. The van der Waals surface area contributed by atoms with E-state index in [0.29, 0.717) is 16.6 Å². The van der Waals surface area contributed by atoms with Gasteiger partial charge in [-0.3, -0.25) is 0 Å². The Bertz CT molecular complexity index is 572. The molecule has 19 heavy (non-hydrogen) atoms. The molecule has 2 rings (SSSR count). The first-order chi connectivity index (χ1) is 9.10. The van der Waals surface area contributed by atoms with E-state index in [1.807, 2.05) is 18.2 Å². The average Bonchev–Trinajstić information content (AvgIpc) is 2.40. The normalized spacial score (nSPS) is 12.4. The highest BCUT2D eigenvalue weighted by Gasteiger charge is 2.12. The zero-order valence-corrected chi connectivity index (χ0v) is 12.9. The Hall–Kier alpha value is -0.670. The average molecular weight is 312 g/mol. The third-order valence-electron chi connectivity index (χ3n) is 2.80. The van der Waals surface area contributed by atoms with Crippen LogP contribution in [-0.2, 0) is 0 Å². The zero-order valence-electron chi connectivity index (χ0n) is 10.6. The van der Waals surface area contributed by atoms with Gasteiger partial charge in [0.1, 0.15) is 0 Å².